The van der Waals surface area contributed by atoms with Crippen LogP contribution in [0.25, 0.3) is 0 Å². The van der Waals surface area contributed by atoms with Crippen LogP contribution in [0.2, 0.25) is 0 Å². The van der Waals surface area contributed by atoms with Crippen molar-refractivity contribution in [2.45, 2.75) is 13.8 Å². The Hall–Kier alpha value is 0.310. The van der Waals surface area contributed by atoms with Gasteiger partial charge in [0.05, 0.1) is 0 Å². The van der Waals surface area contributed by atoms with Crippen LogP contribution >= 0.6 is 10.9 Å². The third-order valence-corrected chi connectivity index (χ3v) is 4.02. The van der Waals surface area contributed by atoms with Crippen molar-refractivity contribution in [1.82, 2.24) is 0 Å². The van der Waals surface area contributed by atoms with Gasteiger partial charge >= 0.3 is 0 Å². The van der Waals surface area contributed by atoms with Gasteiger partial charge in [0.25, 0.3) is 0 Å². The van der Waals surface area contributed by atoms with Crippen LogP contribution < -0.4 is 5.73 Å². The van der Waals surface area contributed by atoms with Gasteiger partial charge in [-0.2, -0.15) is 0 Å². The van der Waals surface area contributed by atoms with E-state index in [1.807, 2.05) is 0 Å². The fourth-order valence-corrected chi connectivity index (χ4v) is 2.17. The van der Waals surface area contributed by atoms with Crippen molar-refractivity contribution in [2.24, 2.45) is 5.73 Å². The molecule has 0 aromatic carbocycles. The molecule has 0 saturated carbocycles. The number of thiol groups is 1. The van der Waals surface area contributed by atoms with Gasteiger partial charge < -0.3 is 5.73 Å². The number of rotatable bonds is 4. The Kier molecular flexibility index (Phi) is 5.66. The lowest BCUT2D eigenvalue weighted by molar-refractivity contribution is 1.14. The van der Waals surface area contributed by atoms with Crippen LogP contribution in [0.5, 0.6) is 0 Å². The molecule has 52 valence electrons. The second kappa shape index (κ2) is 5.45. The summed E-state index contributed by atoms with van der Waals surface area (Å²) in [6.07, 6.45) is 0. The van der Waals surface area contributed by atoms with Crippen LogP contribution in [-0.4, -0.2) is 23.8 Å². The molecule has 0 heterocycles. The van der Waals surface area contributed by atoms with Gasteiger partial charge in [-0.25, -0.2) is 0 Å². The topological polar surface area (TPSA) is 26.0 Å². The molecule has 0 spiro atoms. The first-order valence-corrected chi connectivity index (χ1v) is 5.17. The highest BCUT2D eigenvalue weighted by Crippen LogP contribution is 2.21. The Morgan fingerprint density at radius 3 is 1.88 bits per heavy atom. The number of hydrogen-bond acceptors (Lipinski definition) is 1. The highest BCUT2D eigenvalue weighted by molar-refractivity contribution is 8.17. The van der Waals surface area contributed by atoms with E-state index in [0.29, 0.717) is 10.9 Å². The molecule has 0 amide bonds. The molecule has 8 heavy (non-hydrogen) atoms. The summed E-state index contributed by atoms with van der Waals surface area (Å²) in [5.41, 5.74) is 5.40. The first-order chi connectivity index (χ1) is 3.85. The number of nitrogens with two attached hydrogens (primary N) is 1. The molecule has 0 bridgehead atoms. The number of hydrogen-bond donors (Lipinski definition) is 2. The zero-order valence-corrected chi connectivity index (χ0v) is 6.75. The second-order valence-corrected chi connectivity index (χ2v) is 4.87. The minimum absolute atomic E-state index is 0.319. The van der Waals surface area contributed by atoms with Crippen molar-refractivity contribution in [2.75, 3.05) is 23.8 Å². The van der Waals surface area contributed by atoms with E-state index in [-0.39, 0.29) is 0 Å². The van der Waals surface area contributed by atoms with E-state index in [9.17, 15) is 0 Å². The maximum absolute atomic E-state index is 5.40. The van der Waals surface area contributed by atoms with Gasteiger partial charge in [0.15, 0.2) is 0 Å². The fraction of sp³-hybridized carbons (Fsp3) is 1.00. The summed E-state index contributed by atoms with van der Waals surface area (Å²) in [5.74, 6) is 3.97. The summed E-state index contributed by atoms with van der Waals surface area (Å²) < 4.78 is 0. The molecule has 2 N–H and O–H groups in total. The van der Waals surface area contributed by atoms with E-state index in [1.54, 1.807) is 0 Å². The first kappa shape index (κ1) is 8.31. The van der Waals surface area contributed by atoms with Crippen LogP contribution in [0, 0.1) is 0 Å². The molecule has 0 fully saturated rings. The summed E-state index contributed by atoms with van der Waals surface area (Å²) in [4.78, 5) is 0. The summed E-state index contributed by atoms with van der Waals surface area (Å²) in [5, 5.41) is 0. The van der Waals surface area contributed by atoms with Gasteiger partial charge in [-0.1, -0.05) is 13.8 Å². The van der Waals surface area contributed by atoms with E-state index in [4.69, 9.17) is 5.73 Å². The highest BCUT2D eigenvalue weighted by Gasteiger charge is 1.93. The Morgan fingerprint density at radius 1 is 1.25 bits per heavy atom. The standard InChI is InChI=1S/C6H17NS/c1-3-8(4-2)6-5-7/h8H,3-7H2,1-2H3. The Morgan fingerprint density at radius 2 is 1.75 bits per heavy atom. The SMILES string of the molecule is CC[SH](CC)CCN. The van der Waals surface area contributed by atoms with E-state index in [1.165, 1.54) is 17.3 Å². The molecule has 0 aliphatic carbocycles. The van der Waals surface area contributed by atoms with Crippen molar-refractivity contribution >= 4 is 10.9 Å². The maximum atomic E-state index is 5.40. The third kappa shape index (κ3) is 3.33. The molecule has 0 unspecified atom stereocenters. The normalized spacial score (nSPS) is 11.6. The lowest BCUT2D eigenvalue weighted by Gasteiger charge is -2.14. The average Bonchev–Trinajstić information content (AvgIpc) is 1.83. The largest absolute Gasteiger partial charge is 0.330 e. The van der Waals surface area contributed by atoms with Crippen molar-refractivity contribution in [3.63, 3.8) is 0 Å². The molecule has 0 radical (unpaired) electrons. The van der Waals surface area contributed by atoms with Crippen molar-refractivity contribution in [1.29, 1.82) is 0 Å². The lowest BCUT2D eigenvalue weighted by atomic mass is 10.8. The Bertz CT molecular complexity index is 43.8. The molecule has 0 aliphatic rings. The monoisotopic (exact) mass is 135 g/mol. The molecule has 2 heteroatoms. The molecular weight excluding hydrogens is 118 g/mol. The first-order valence-electron chi connectivity index (χ1n) is 3.27. The van der Waals surface area contributed by atoms with E-state index >= 15 is 0 Å². The highest BCUT2D eigenvalue weighted by atomic mass is 32.2. The summed E-state index contributed by atoms with van der Waals surface area (Å²) in [6.45, 7) is 5.39. The van der Waals surface area contributed by atoms with Gasteiger partial charge in [-0.15, -0.1) is 0 Å². The zero-order chi connectivity index (χ0) is 6.41. The molecule has 0 aromatic heterocycles. The van der Waals surface area contributed by atoms with E-state index in [0.717, 1.165) is 6.54 Å². The molecular formula is C6H17NS. The average molecular weight is 135 g/mol. The van der Waals surface area contributed by atoms with Crippen LogP contribution in [0.3, 0.4) is 0 Å². The van der Waals surface area contributed by atoms with Gasteiger partial charge in [-0.3, -0.25) is 10.9 Å². The van der Waals surface area contributed by atoms with Gasteiger partial charge in [0.2, 0.25) is 0 Å². The van der Waals surface area contributed by atoms with E-state index < -0.39 is 0 Å². The molecule has 0 atom stereocenters. The lowest BCUT2D eigenvalue weighted by Crippen LogP contribution is -2.07. The quantitative estimate of drug-likeness (QED) is 0.552. The van der Waals surface area contributed by atoms with Crippen molar-refractivity contribution < 1.29 is 0 Å². The second-order valence-electron chi connectivity index (χ2n) is 1.82. The zero-order valence-electron chi connectivity index (χ0n) is 5.85. The summed E-state index contributed by atoms with van der Waals surface area (Å²) in [7, 11) is 0.319. The van der Waals surface area contributed by atoms with Crippen LogP contribution in [-0.2, 0) is 0 Å². The smallest absolute Gasteiger partial charge is 0.000294 e. The molecule has 0 aromatic rings. The Labute approximate surface area is 55.0 Å². The molecule has 1 nitrogen and oxygen atoms in total. The maximum Gasteiger partial charge on any atom is -0.000294 e. The predicted octanol–water partition coefficient (Wildman–Crippen LogP) is 0.986. The Balaban J connectivity index is 3.07. The molecule has 0 aliphatic heterocycles. The van der Waals surface area contributed by atoms with E-state index in [2.05, 4.69) is 13.8 Å². The van der Waals surface area contributed by atoms with Crippen LogP contribution in [0.1, 0.15) is 13.8 Å². The van der Waals surface area contributed by atoms with Gasteiger partial charge in [-0.05, 0) is 23.8 Å². The summed E-state index contributed by atoms with van der Waals surface area (Å²) in [6, 6.07) is 0. The predicted molar refractivity (Wildman–Crippen MR) is 44.0 cm³/mol. The minimum atomic E-state index is 0.319. The fourth-order valence-electron chi connectivity index (χ4n) is 0.722. The molecule has 0 saturated heterocycles. The minimum Gasteiger partial charge on any atom is -0.330 e. The molecule has 0 rings (SSSR count). The van der Waals surface area contributed by atoms with Crippen molar-refractivity contribution in [3.8, 4) is 0 Å². The third-order valence-electron chi connectivity index (χ3n) is 1.34. The van der Waals surface area contributed by atoms with Gasteiger partial charge in [0.1, 0.15) is 0 Å². The summed E-state index contributed by atoms with van der Waals surface area (Å²) >= 11 is 0. The van der Waals surface area contributed by atoms with Crippen molar-refractivity contribution in [3.05, 3.63) is 0 Å². The van der Waals surface area contributed by atoms with Gasteiger partial charge in [0, 0.05) is 0 Å². The van der Waals surface area contributed by atoms with Crippen LogP contribution in [0.4, 0.5) is 0 Å². The van der Waals surface area contributed by atoms with Crippen LogP contribution in [0.15, 0.2) is 0 Å².